The van der Waals surface area contributed by atoms with Crippen LogP contribution in [0.4, 0.5) is 0 Å². The van der Waals surface area contributed by atoms with Crippen LogP contribution in [0, 0.1) is 0 Å². The largest absolute Gasteiger partial charge is 0.370 e. The Morgan fingerprint density at radius 3 is 2.67 bits per heavy atom. The Hall–Kier alpha value is -1.72. The number of methoxy groups -OCH3 is 1. The highest BCUT2D eigenvalue weighted by atomic mass is 16.5. The highest BCUT2D eigenvalue weighted by Crippen LogP contribution is 2.40. The first kappa shape index (κ1) is 14.2. The van der Waals surface area contributed by atoms with E-state index in [4.69, 9.17) is 15.0 Å². The normalized spacial score (nSPS) is 18.8. The van der Waals surface area contributed by atoms with Crippen molar-refractivity contribution < 1.29 is 9.26 Å². The molecule has 0 spiro atoms. The summed E-state index contributed by atoms with van der Waals surface area (Å²) in [7, 11) is 1.71. The monoisotopic (exact) mass is 287 g/mol. The van der Waals surface area contributed by atoms with Crippen LogP contribution in [0.3, 0.4) is 0 Å². The van der Waals surface area contributed by atoms with E-state index in [1.54, 1.807) is 7.11 Å². The van der Waals surface area contributed by atoms with Crippen molar-refractivity contribution in [3.63, 3.8) is 0 Å². The lowest BCUT2D eigenvalue weighted by Gasteiger charge is -2.22. The number of benzene rings is 1. The van der Waals surface area contributed by atoms with E-state index in [2.05, 4.69) is 10.1 Å². The van der Waals surface area contributed by atoms with Gasteiger partial charge < -0.3 is 15.0 Å². The van der Waals surface area contributed by atoms with Gasteiger partial charge in [-0.05, 0) is 37.7 Å². The lowest BCUT2D eigenvalue weighted by molar-refractivity contribution is -0.0178. The number of rotatable bonds is 5. The summed E-state index contributed by atoms with van der Waals surface area (Å²) in [4.78, 5) is 4.50. The Balaban J connectivity index is 1.75. The lowest BCUT2D eigenvalue weighted by Crippen LogP contribution is -2.26. The molecule has 1 atom stereocenters. The van der Waals surface area contributed by atoms with Crippen LogP contribution >= 0.6 is 0 Å². The van der Waals surface area contributed by atoms with Gasteiger partial charge in [0.2, 0.25) is 11.7 Å². The van der Waals surface area contributed by atoms with Gasteiger partial charge in [0, 0.05) is 7.11 Å². The van der Waals surface area contributed by atoms with E-state index in [9.17, 15) is 0 Å². The second-order valence-electron chi connectivity index (χ2n) is 5.66. The van der Waals surface area contributed by atoms with Crippen molar-refractivity contribution in [2.75, 3.05) is 7.11 Å². The fraction of sp³-hybridized carbons (Fsp3) is 0.500. The highest BCUT2D eigenvalue weighted by molar-refractivity contribution is 5.17. The van der Waals surface area contributed by atoms with Gasteiger partial charge in [-0.1, -0.05) is 35.5 Å². The molecular weight excluding hydrogens is 266 g/mol. The zero-order valence-electron chi connectivity index (χ0n) is 12.3. The van der Waals surface area contributed by atoms with Crippen LogP contribution < -0.4 is 5.73 Å². The molecule has 2 N–H and O–H groups in total. The van der Waals surface area contributed by atoms with Gasteiger partial charge in [0.25, 0.3) is 0 Å². The van der Waals surface area contributed by atoms with Crippen LogP contribution in [0.1, 0.15) is 49.0 Å². The Labute approximate surface area is 124 Å². The molecule has 0 saturated heterocycles. The summed E-state index contributed by atoms with van der Waals surface area (Å²) in [5.74, 6) is 1.12. The number of ether oxygens (including phenoxy) is 1. The fourth-order valence-electron chi connectivity index (χ4n) is 2.99. The first-order valence-electron chi connectivity index (χ1n) is 7.42. The van der Waals surface area contributed by atoms with Crippen molar-refractivity contribution in [2.45, 2.75) is 43.7 Å². The van der Waals surface area contributed by atoms with Crippen molar-refractivity contribution in [3.05, 3.63) is 47.6 Å². The van der Waals surface area contributed by atoms with Gasteiger partial charge in [0.1, 0.15) is 5.60 Å². The maximum absolute atomic E-state index is 6.19. The molecule has 2 aromatic rings. The summed E-state index contributed by atoms with van der Waals surface area (Å²) in [5.41, 5.74) is 6.97. The van der Waals surface area contributed by atoms with Crippen molar-refractivity contribution >= 4 is 0 Å². The van der Waals surface area contributed by atoms with E-state index in [1.807, 2.05) is 30.3 Å². The van der Waals surface area contributed by atoms with E-state index in [1.165, 1.54) is 0 Å². The molecular formula is C16H21N3O2. The molecule has 1 heterocycles. The van der Waals surface area contributed by atoms with Crippen molar-refractivity contribution in [3.8, 4) is 0 Å². The van der Waals surface area contributed by atoms with E-state index < -0.39 is 0 Å². The molecule has 21 heavy (non-hydrogen) atoms. The molecule has 5 nitrogen and oxygen atoms in total. The smallest absolute Gasteiger partial charge is 0.244 e. The average molecular weight is 287 g/mol. The number of hydrogen-bond donors (Lipinski definition) is 1. The van der Waals surface area contributed by atoms with Crippen LogP contribution in [0.5, 0.6) is 0 Å². The molecule has 0 unspecified atom stereocenters. The second-order valence-corrected chi connectivity index (χ2v) is 5.66. The predicted molar refractivity (Wildman–Crippen MR) is 78.5 cm³/mol. The van der Waals surface area contributed by atoms with Gasteiger partial charge in [0.15, 0.2) is 0 Å². The SMILES string of the molecule is COC1(c2noc([C@@H](N)Cc3ccccc3)n2)CCCC1. The Bertz CT molecular complexity index is 576. The molecule has 1 fully saturated rings. The highest BCUT2D eigenvalue weighted by Gasteiger charge is 2.40. The quantitative estimate of drug-likeness (QED) is 0.915. The van der Waals surface area contributed by atoms with Crippen molar-refractivity contribution in [1.29, 1.82) is 0 Å². The van der Waals surface area contributed by atoms with E-state index in [0.29, 0.717) is 18.1 Å². The zero-order valence-corrected chi connectivity index (χ0v) is 12.3. The van der Waals surface area contributed by atoms with Crippen LogP contribution in [0.2, 0.25) is 0 Å². The van der Waals surface area contributed by atoms with Crippen molar-refractivity contribution in [2.24, 2.45) is 5.73 Å². The minimum atomic E-state index is -0.381. The molecule has 1 aromatic carbocycles. The Morgan fingerprint density at radius 1 is 1.29 bits per heavy atom. The number of hydrogen-bond acceptors (Lipinski definition) is 5. The summed E-state index contributed by atoms with van der Waals surface area (Å²) in [5, 5.41) is 4.11. The molecule has 0 radical (unpaired) electrons. The standard InChI is InChI=1S/C16H21N3O2/c1-20-16(9-5-6-10-16)15-18-14(21-19-15)13(17)11-12-7-3-2-4-8-12/h2-4,7-8,13H,5-6,9-11,17H2,1H3/t13-/m0/s1. The average Bonchev–Trinajstić information content (AvgIpc) is 3.18. The Kier molecular flexibility index (Phi) is 4.03. The van der Waals surface area contributed by atoms with E-state index >= 15 is 0 Å². The number of nitrogens with zero attached hydrogens (tertiary/aromatic N) is 2. The van der Waals surface area contributed by atoms with Crippen LogP contribution in [0.15, 0.2) is 34.9 Å². The first-order chi connectivity index (χ1) is 10.2. The summed E-state index contributed by atoms with van der Waals surface area (Å²) >= 11 is 0. The van der Waals surface area contributed by atoms with Gasteiger partial charge >= 0.3 is 0 Å². The maximum atomic E-state index is 6.19. The molecule has 1 saturated carbocycles. The van der Waals surface area contributed by atoms with Gasteiger partial charge in [-0.3, -0.25) is 0 Å². The molecule has 0 bridgehead atoms. The number of nitrogens with two attached hydrogens (primary N) is 1. The molecule has 0 aliphatic heterocycles. The maximum Gasteiger partial charge on any atom is 0.244 e. The van der Waals surface area contributed by atoms with E-state index in [-0.39, 0.29) is 11.6 Å². The molecule has 1 aliphatic carbocycles. The molecule has 0 amide bonds. The van der Waals surface area contributed by atoms with E-state index in [0.717, 1.165) is 31.2 Å². The topological polar surface area (TPSA) is 74.2 Å². The van der Waals surface area contributed by atoms with Gasteiger partial charge in [-0.15, -0.1) is 0 Å². The van der Waals surface area contributed by atoms with Gasteiger partial charge in [-0.25, -0.2) is 0 Å². The zero-order chi connectivity index (χ0) is 14.7. The fourth-order valence-corrected chi connectivity index (χ4v) is 2.99. The minimum absolute atomic E-state index is 0.288. The van der Waals surface area contributed by atoms with Crippen LogP contribution in [-0.4, -0.2) is 17.3 Å². The third-order valence-electron chi connectivity index (χ3n) is 4.27. The van der Waals surface area contributed by atoms with Crippen LogP contribution in [-0.2, 0) is 16.8 Å². The predicted octanol–water partition coefficient (Wildman–Crippen LogP) is 2.73. The summed E-state index contributed by atoms with van der Waals surface area (Å²) < 4.78 is 11.0. The van der Waals surface area contributed by atoms with Crippen molar-refractivity contribution in [1.82, 2.24) is 10.1 Å². The lowest BCUT2D eigenvalue weighted by atomic mass is 10.0. The van der Waals surface area contributed by atoms with Gasteiger partial charge in [-0.2, -0.15) is 4.98 Å². The Morgan fingerprint density at radius 2 is 2.00 bits per heavy atom. The first-order valence-corrected chi connectivity index (χ1v) is 7.42. The minimum Gasteiger partial charge on any atom is -0.370 e. The summed E-state index contributed by atoms with van der Waals surface area (Å²) in [6.45, 7) is 0. The second kappa shape index (κ2) is 5.95. The molecule has 1 aliphatic rings. The van der Waals surface area contributed by atoms with Crippen LogP contribution in [0.25, 0.3) is 0 Å². The number of aromatic nitrogens is 2. The summed E-state index contributed by atoms with van der Waals surface area (Å²) in [6.07, 6.45) is 4.83. The third kappa shape index (κ3) is 2.84. The molecule has 3 rings (SSSR count). The summed E-state index contributed by atoms with van der Waals surface area (Å²) in [6, 6.07) is 9.79. The molecule has 5 heteroatoms. The third-order valence-corrected chi connectivity index (χ3v) is 4.27. The molecule has 112 valence electrons. The van der Waals surface area contributed by atoms with Gasteiger partial charge in [0.05, 0.1) is 6.04 Å². The molecule has 1 aromatic heterocycles.